The normalized spacial score (nSPS) is 18.0. The molecule has 1 aliphatic rings. The van der Waals surface area contributed by atoms with Gasteiger partial charge in [0.1, 0.15) is 5.56 Å². The van der Waals surface area contributed by atoms with Crippen molar-refractivity contribution in [2.24, 2.45) is 5.41 Å². The minimum Gasteiger partial charge on any atom is -0.367 e. The fourth-order valence-electron chi connectivity index (χ4n) is 2.69. The Morgan fingerprint density at radius 3 is 2.72 bits per heavy atom. The Bertz CT molecular complexity index is 489. The van der Waals surface area contributed by atoms with E-state index in [0.29, 0.717) is 0 Å². The first kappa shape index (κ1) is 12.9. The van der Waals surface area contributed by atoms with Gasteiger partial charge >= 0.3 is 0 Å². The molecule has 1 saturated heterocycles. The topological polar surface area (TPSA) is 53.2 Å². The third-order valence-electron chi connectivity index (χ3n) is 4.28. The number of hydrogen-bond donors (Lipinski definition) is 1. The molecule has 0 unspecified atom stereocenters. The molecular weight excluding hydrogens is 228 g/mol. The number of rotatable bonds is 3. The number of pyridine rings is 1. The fourth-order valence-corrected chi connectivity index (χ4v) is 2.69. The van der Waals surface area contributed by atoms with Gasteiger partial charge in [0, 0.05) is 31.5 Å². The van der Waals surface area contributed by atoms with E-state index >= 15 is 0 Å². The summed E-state index contributed by atoms with van der Waals surface area (Å²) in [5.41, 5.74) is 0.293. The van der Waals surface area contributed by atoms with Crippen LogP contribution in [0.25, 0.3) is 0 Å². The number of likely N-dealkylation sites (tertiary alicyclic amines) is 1. The van der Waals surface area contributed by atoms with Gasteiger partial charge in [0.25, 0.3) is 5.91 Å². The lowest BCUT2D eigenvalue weighted by molar-refractivity contribution is 0.0768. The molecule has 0 aliphatic carbocycles. The first-order chi connectivity index (χ1) is 8.62. The van der Waals surface area contributed by atoms with Crippen molar-refractivity contribution < 1.29 is 4.79 Å². The number of nitrogens with zero attached hydrogens (tertiary/aromatic N) is 1. The van der Waals surface area contributed by atoms with Crippen molar-refractivity contribution in [1.82, 2.24) is 9.88 Å². The maximum atomic E-state index is 12.3. The second-order valence-electron chi connectivity index (χ2n) is 5.11. The molecule has 0 bridgehead atoms. The average Bonchev–Trinajstić information content (AvgIpc) is 2.84. The molecule has 2 rings (SSSR count). The minimum absolute atomic E-state index is 0.138. The van der Waals surface area contributed by atoms with Crippen molar-refractivity contribution in [2.45, 2.75) is 33.1 Å². The summed E-state index contributed by atoms with van der Waals surface area (Å²) in [6.45, 7) is 5.88. The number of aromatic nitrogens is 1. The van der Waals surface area contributed by atoms with Crippen LogP contribution in [0.2, 0.25) is 0 Å². The summed E-state index contributed by atoms with van der Waals surface area (Å²) in [4.78, 5) is 28.6. The molecule has 1 aliphatic heterocycles. The molecule has 2 heterocycles. The smallest absolute Gasteiger partial charge is 0.259 e. The summed E-state index contributed by atoms with van der Waals surface area (Å²) >= 11 is 0. The van der Waals surface area contributed by atoms with E-state index in [0.717, 1.165) is 32.4 Å². The van der Waals surface area contributed by atoms with Crippen LogP contribution in [0.4, 0.5) is 0 Å². The van der Waals surface area contributed by atoms with Gasteiger partial charge in [-0.1, -0.05) is 13.8 Å². The maximum Gasteiger partial charge on any atom is 0.259 e. The lowest BCUT2D eigenvalue weighted by Gasteiger charge is -2.26. The first-order valence-corrected chi connectivity index (χ1v) is 6.58. The van der Waals surface area contributed by atoms with Crippen LogP contribution < -0.4 is 5.43 Å². The SMILES string of the molecule is CCC1(CC)CCN(C(=O)c2c[nH]ccc2=O)C1. The molecule has 1 N–H and O–H groups in total. The number of hydrogen-bond acceptors (Lipinski definition) is 2. The summed E-state index contributed by atoms with van der Waals surface area (Å²) in [7, 11) is 0. The number of H-pyrrole nitrogens is 1. The molecule has 0 spiro atoms. The predicted octanol–water partition coefficient (Wildman–Crippen LogP) is 2.03. The largest absolute Gasteiger partial charge is 0.367 e. The Balaban J connectivity index is 2.18. The lowest BCUT2D eigenvalue weighted by atomic mass is 9.82. The van der Waals surface area contributed by atoms with E-state index in [1.165, 1.54) is 12.3 Å². The summed E-state index contributed by atoms with van der Waals surface area (Å²) in [6.07, 6.45) is 6.25. The highest BCUT2D eigenvalue weighted by atomic mass is 16.2. The minimum atomic E-state index is -0.204. The van der Waals surface area contributed by atoms with Gasteiger partial charge in [-0.3, -0.25) is 9.59 Å². The van der Waals surface area contributed by atoms with Crippen LogP contribution in [-0.4, -0.2) is 28.9 Å². The molecule has 1 amide bonds. The molecule has 1 aromatic rings. The molecule has 4 heteroatoms. The number of nitrogens with one attached hydrogen (secondary N) is 1. The quantitative estimate of drug-likeness (QED) is 0.889. The Morgan fingerprint density at radius 2 is 2.17 bits per heavy atom. The van der Waals surface area contributed by atoms with Gasteiger partial charge in [-0.25, -0.2) is 0 Å². The summed E-state index contributed by atoms with van der Waals surface area (Å²) in [5, 5.41) is 0. The number of amides is 1. The Kier molecular flexibility index (Phi) is 3.55. The molecule has 1 fully saturated rings. The van der Waals surface area contributed by atoms with E-state index in [-0.39, 0.29) is 22.3 Å². The van der Waals surface area contributed by atoms with Crippen molar-refractivity contribution in [1.29, 1.82) is 0 Å². The highest BCUT2D eigenvalue weighted by molar-refractivity contribution is 5.94. The van der Waals surface area contributed by atoms with Gasteiger partial charge in [0.15, 0.2) is 5.43 Å². The van der Waals surface area contributed by atoms with Gasteiger partial charge < -0.3 is 9.88 Å². The first-order valence-electron chi connectivity index (χ1n) is 6.58. The molecule has 0 saturated carbocycles. The molecule has 98 valence electrons. The number of carbonyl (C=O) groups excluding carboxylic acids is 1. The second kappa shape index (κ2) is 4.96. The van der Waals surface area contributed by atoms with Crippen LogP contribution in [-0.2, 0) is 0 Å². The Hall–Kier alpha value is -1.58. The fraction of sp³-hybridized carbons (Fsp3) is 0.571. The van der Waals surface area contributed by atoms with E-state index in [2.05, 4.69) is 18.8 Å². The molecule has 0 radical (unpaired) electrons. The van der Waals surface area contributed by atoms with Gasteiger partial charge in [0.05, 0.1) is 0 Å². The van der Waals surface area contributed by atoms with Crippen molar-refractivity contribution in [3.63, 3.8) is 0 Å². The zero-order chi connectivity index (χ0) is 13.2. The predicted molar refractivity (Wildman–Crippen MR) is 70.6 cm³/mol. The second-order valence-corrected chi connectivity index (χ2v) is 5.11. The molecular formula is C14H20N2O2. The molecule has 1 aromatic heterocycles. The van der Waals surface area contributed by atoms with Crippen molar-refractivity contribution >= 4 is 5.91 Å². The summed E-state index contributed by atoms with van der Waals surface area (Å²) < 4.78 is 0. The zero-order valence-corrected chi connectivity index (χ0v) is 11.0. The molecule has 0 atom stereocenters. The van der Waals surface area contributed by atoms with Gasteiger partial charge in [-0.2, -0.15) is 0 Å². The molecule has 4 nitrogen and oxygen atoms in total. The van der Waals surface area contributed by atoms with Gasteiger partial charge in [0.2, 0.25) is 0 Å². The van der Waals surface area contributed by atoms with Crippen molar-refractivity contribution in [2.75, 3.05) is 13.1 Å². The highest BCUT2D eigenvalue weighted by Gasteiger charge is 2.37. The van der Waals surface area contributed by atoms with Gasteiger partial charge in [-0.05, 0) is 24.7 Å². The van der Waals surface area contributed by atoms with E-state index in [1.807, 2.05) is 4.90 Å². The van der Waals surface area contributed by atoms with E-state index in [9.17, 15) is 9.59 Å². The Morgan fingerprint density at radius 1 is 1.44 bits per heavy atom. The third-order valence-corrected chi connectivity index (χ3v) is 4.28. The van der Waals surface area contributed by atoms with Crippen LogP contribution in [0.15, 0.2) is 23.3 Å². The van der Waals surface area contributed by atoms with Crippen molar-refractivity contribution in [3.8, 4) is 0 Å². The lowest BCUT2D eigenvalue weighted by Crippen LogP contribution is -2.34. The average molecular weight is 248 g/mol. The molecule has 18 heavy (non-hydrogen) atoms. The van der Waals surface area contributed by atoms with E-state index in [1.54, 1.807) is 6.20 Å². The van der Waals surface area contributed by atoms with E-state index < -0.39 is 0 Å². The van der Waals surface area contributed by atoms with Crippen molar-refractivity contribution in [3.05, 3.63) is 34.2 Å². The standard InChI is InChI=1S/C14H20N2O2/c1-3-14(4-2)6-8-16(10-14)13(18)11-9-15-7-5-12(11)17/h5,7,9H,3-4,6,8,10H2,1-2H3,(H,15,17). The Labute approximate surface area is 107 Å². The molecule has 0 aromatic carbocycles. The van der Waals surface area contributed by atoms with E-state index in [4.69, 9.17) is 0 Å². The van der Waals surface area contributed by atoms with Gasteiger partial charge in [-0.15, -0.1) is 0 Å². The number of carbonyl (C=O) groups is 1. The zero-order valence-electron chi connectivity index (χ0n) is 11.0. The highest BCUT2D eigenvalue weighted by Crippen LogP contribution is 2.37. The van der Waals surface area contributed by atoms with Crippen LogP contribution in [0.3, 0.4) is 0 Å². The van der Waals surface area contributed by atoms with Crippen LogP contribution in [0.5, 0.6) is 0 Å². The van der Waals surface area contributed by atoms with Crippen LogP contribution >= 0.6 is 0 Å². The van der Waals surface area contributed by atoms with Crippen LogP contribution in [0.1, 0.15) is 43.5 Å². The van der Waals surface area contributed by atoms with Crippen LogP contribution in [0, 0.1) is 5.41 Å². The maximum absolute atomic E-state index is 12.3. The summed E-state index contributed by atoms with van der Waals surface area (Å²) in [5.74, 6) is -0.138. The summed E-state index contributed by atoms with van der Waals surface area (Å²) in [6, 6.07) is 1.40. The third kappa shape index (κ3) is 2.19. The number of aromatic amines is 1. The monoisotopic (exact) mass is 248 g/mol.